The van der Waals surface area contributed by atoms with Crippen LogP contribution < -0.4 is 0 Å². The third kappa shape index (κ3) is 4.41. The van der Waals surface area contributed by atoms with Crippen molar-refractivity contribution in [2.24, 2.45) is 4.99 Å². The zero-order valence-electron chi connectivity index (χ0n) is 25.9. The van der Waals surface area contributed by atoms with Crippen molar-refractivity contribution in [1.82, 2.24) is 9.47 Å². The van der Waals surface area contributed by atoms with E-state index in [4.69, 9.17) is 9.41 Å². The molecule has 224 valence electrons. The minimum atomic E-state index is -0.00294. The fourth-order valence-electron chi connectivity index (χ4n) is 7.06. The third-order valence-corrected chi connectivity index (χ3v) is 9.27. The zero-order valence-corrected chi connectivity index (χ0v) is 25.9. The van der Waals surface area contributed by atoms with Gasteiger partial charge in [0.05, 0.1) is 28.2 Å². The van der Waals surface area contributed by atoms with E-state index in [9.17, 15) is 0 Å². The molecule has 0 aliphatic carbocycles. The largest absolute Gasteiger partial charge is 0.455 e. The number of rotatable bonds is 4. The monoisotopic (exact) mass is 605 g/mol. The summed E-state index contributed by atoms with van der Waals surface area (Å²) in [5.74, 6) is 1.74. The van der Waals surface area contributed by atoms with Crippen LogP contribution in [0.5, 0.6) is 0 Å². The molecule has 9 rings (SSSR count). The molecule has 2 aromatic heterocycles. The summed E-state index contributed by atoms with van der Waals surface area (Å²) in [6.45, 7) is 0. The Morgan fingerprint density at radius 3 is 1.85 bits per heavy atom. The van der Waals surface area contributed by atoms with Crippen LogP contribution in [0, 0.1) is 0 Å². The molecular weight excluding hydrogens is 574 g/mol. The summed E-state index contributed by atoms with van der Waals surface area (Å²) in [5.41, 5.74) is 9.57. The molecule has 0 saturated carbocycles. The highest BCUT2D eigenvalue weighted by molar-refractivity contribution is 6.24. The number of hydrogen-bond donors (Lipinski definition) is 0. The lowest BCUT2D eigenvalue weighted by molar-refractivity contribution is 0.422. The van der Waals surface area contributed by atoms with E-state index < -0.39 is 0 Å². The van der Waals surface area contributed by atoms with Crippen molar-refractivity contribution in [3.63, 3.8) is 0 Å². The number of aliphatic imine (C=N–C) groups is 1. The summed E-state index contributed by atoms with van der Waals surface area (Å²) in [4.78, 5) is 7.67. The maximum atomic E-state index is 6.99. The van der Waals surface area contributed by atoms with Crippen molar-refractivity contribution in [2.75, 3.05) is 7.05 Å². The van der Waals surface area contributed by atoms with Crippen LogP contribution in [0.15, 0.2) is 173 Å². The second kappa shape index (κ2) is 11.0. The molecule has 1 atom stereocenters. The summed E-state index contributed by atoms with van der Waals surface area (Å²) >= 11 is 0. The highest BCUT2D eigenvalue weighted by Gasteiger charge is 2.29. The highest BCUT2D eigenvalue weighted by Crippen LogP contribution is 2.46. The van der Waals surface area contributed by atoms with Gasteiger partial charge in [-0.15, -0.1) is 0 Å². The van der Waals surface area contributed by atoms with Gasteiger partial charge in [-0.3, -0.25) is 4.57 Å². The smallest absolute Gasteiger partial charge is 0.211 e. The van der Waals surface area contributed by atoms with E-state index in [1.807, 2.05) is 12.1 Å². The van der Waals surface area contributed by atoms with Gasteiger partial charge in [0.1, 0.15) is 11.3 Å². The Bertz CT molecular complexity index is 2460. The van der Waals surface area contributed by atoms with Gasteiger partial charge >= 0.3 is 0 Å². The van der Waals surface area contributed by atoms with Crippen LogP contribution in [0.3, 0.4) is 0 Å². The van der Waals surface area contributed by atoms with Crippen molar-refractivity contribution < 1.29 is 4.42 Å². The van der Waals surface area contributed by atoms with Crippen LogP contribution in [0.1, 0.15) is 17.2 Å². The average molecular weight is 606 g/mol. The number of para-hydroxylation sites is 1. The molecule has 0 radical (unpaired) electrons. The normalized spacial score (nSPS) is 14.9. The van der Waals surface area contributed by atoms with Crippen LogP contribution in [0.2, 0.25) is 0 Å². The zero-order chi connectivity index (χ0) is 31.3. The van der Waals surface area contributed by atoms with Gasteiger partial charge in [0.25, 0.3) is 0 Å². The molecule has 0 fully saturated rings. The topological polar surface area (TPSA) is 33.7 Å². The van der Waals surface area contributed by atoms with Crippen molar-refractivity contribution in [3.8, 4) is 22.5 Å². The molecular formula is C43H31N3O. The quantitative estimate of drug-likeness (QED) is 0.200. The Kier molecular flexibility index (Phi) is 6.39. The Balaban J connectivity index is 1.34. The molecule has 0 saturated heterocycles. The number of furan rings is 1. The average Bonchev–Trinajstić information content (AvgIpc) is 3.70. The number of aromatic nitrogens is 1. The van der Waals surface area contributed by atoms with Gasteiger partial charge in [-0.05, 0) is 35.4 Å². The highest BCUT2D eigenvalue weighted by atomic mass is 16.3. The Morgan fingerprint density at radius 1 is 0.553 bits per heavy atom. The van der Waals surface area contributed by atoms with Gasteiger partial charge in [0.15, 0.2) is 0 Å². The fourth-order valence-corrected chi connectivity index (χ4v) is 7.06. The van der Waals surface area contributed by atoms with Crippen LogP contribution in [-0.2, 0) is 0 Å². The standard InChI is InChI=1S/C43H31N3O/c1-45-38(30-18-8-3-9-19-30)28-35(29-16-6-2-7-17-29)44-43(45)46-36-25-15-14-24-33(36)40-37(46)27-26-34-39(31-20-10-4-11-21-31)41(47-42(34)40)32-22-12-5-13-23-32/h2-28,38H,1H3. The summed E-state index contributed by atoms with van der Waals surface area (Å²) in [7, 11) is 2.14. The van der Waals surface area contributed by atoms with Crippen molar-refractivity contribution >= 4 is 44.4 Å². The van der Waals surface area contributed by atoms with Crippen LogP contribution in [-0.4, -0.2) is 22.5 Å². The lowest BCUT2D eigenvalue weighted by atomic mass is 9.98. The summed E-state index contributed by atoms with van der Waals surface area (Å²) in [6.07, 6.45) is 2.27. The lowest BCUT2D eigenvalue weighted by Gasteiger charge is -2.34. The molecule has 0 amide bonds. The van der Waals surface area contributed by atoms with Crippen LogP contribution >= 0.6 is 0 Å². The number of fused-ring (bicyclic) bond motifs is 5. The van der Waals surface area contributed by atoms with Crippen LogP contribution in [0.25, 0.3) is 60.9 Å². The molecule has 4 heteroatoms. The van der Waals surface area contributed by atoms with Crippen LogP contribution in [0.4, 0.5) is 0 Å². The van der Waals surface area contributed by atoms with Gasteiger partial charge in [0.2, 0.25) is 5.96 Å². The molecule has 0 N–H and O–H groups in total. The van der Waals surface area contributed by atoms with Crippen molar-refractivity contribution in [2.45, 2.75) is 6.04 Å². The molecule has 6 aromatic carbocycles. The van der Waals surface area contributed by atoms with E-state index in [0.717, 1.165) is 72.4 Å². The molecule has 0 bridgehead atoms. The first-order valence-electron chi connectivity index (χ1n) is 16.0. The van der Waals surface area contributed by atoms with E-state index in [1.54, 1.807) is 0 Å². The molecule has 1 aliphatic heterocycles. The molecule has 47 heavy (non-hydrogen) atoms. The second-order valence-corrected chi connectivity index (χ2v) is 12.0. The predicted molar refractivity (Wildman–Crippen MR) is 194 cm³/mol. The van der Waals surface area contributed by atoms with E-state index in [1.165, 1.54) is 5.56 Å². The molecule has 3 heterocycles. The number of benzene rings is 6. The maximum absolute atomic E-state index is 6.99. The number of hydrogen-bond acceptors (Lipinski definition) is 3. The molecule has 1 aliphatic rings. The molecule has 8 aromatic rings. The van der Waals surface area contributed by atoms with E-state index in [0.29, 0.717) is 0 Å². The van der Waals surface area contributed by atoms with Gasteiger partial charge in [0, 0.05) is 34.5 Å². The summed E-state index contributed by atoms with van der Waals surface area (Å²) in [5, 5.41) is 3.31. The number of nitrogens with zero attached hydrogens (tertiary/aromatic N) is 3. The minimum absolute atomic E-state index is 0.00294. The fraction of sp³-hybridized carbons (Fsp3) is 0.0465. The Labute approximate surface area is 273 Å². The van der Waals surface area contributed by atoms with Gasteiger partial charge in [-0.2, -0.15) is 0 Å². The number of likely N-dealkylation sites (N-methyl/N-ethyl adjacent to an activating group) is 1. The maximum Gasteiger partial charge on any atom is 0.211 e. The summed E-state index contributed by atoms with van der Waals surface area (Å²) < 4.78 is 9.30. The van der Waals surface area contributed by atoms with E-state index in [2.05, 4.69) is 168 Å². The van der Waals surface area contributed by atoms with Gasteiger partial charge < -0.3 is 9.32 Å². The molecule has 1 unspecified atom stereocenters. The first kappa shape index (κ1) is 27.2. The molecule has 0 spiro atoms. The SMILES string of the molecule is CN1C(n2c3ccccc3c3c4oc(-c5ccccc5)c(-c5ccccc5)c4ccc32)=NC(c2ccccc2)=CC1c1ccccc1. The summed E-state index contributed by atoms with van der Waals surface area (Å²) in [6, 6.07) is 55.2. The lowest BCUT2D eigenvalue weighted by Crippen LogP contribution is -2.37. The van der Waals surface area contributed by atoms with Crippen molar-refractivity contribution in [1.29, 1.82) is 0 Å². The van der Waals surface area contributed by atoms with Gasteiger partial charge in [-0.25, -0.2) is 4.99 Å². The predicted octanol–water partition coefficient (Wildman–Crippen LogP) is 10.8. The van der Waals surface area contributed by atoms with Gasteiger partial charge in [-0.1, -0.05) is 140 Å². The van der Waals surface area contributed by atoms with E-state index in [-0.39, 0.29) is 6.04 Å². The first-order chi connectivity index (χ1) is 23.3. The first-order valence-corrected chi connectivity index (χ1v) is 16.0. The Hall–Kier alpha value is -6.13. The van der Waals surface area contributed by atoms with E-state index >= 15 is 0 Å². The third-order valence-electron chi connectivity index (χ3n) is 9.27. The second-order valence-electron chi connectivity index (χ2n) is 12.0. The Morgan fingerprint density at radius 2 is 1.15 bits per heavy atom. The molecule has 4 nitrogen and oxygen atoms in total. The minimum Gasteiger partial charge on any atom is -0.455 e. The van der Waals surface area contributed by atoms with Crippen molar-refractivity contribution in [3.05, 3.63) is 175 Å².